The molecule has 8 nitrogen and oxygen atoms in total. The van der Waals surface area contributed by atoms with Crippen molar-refractivity contribution in [2.45, 2.75) is 59.5 Å². The van der Waals surface area contributed by atoms with Gasteiger partial charge in [-0.1, -0.05) is 0 Å². The van der Waals surface area contributed by atoms with Crippen LogP contribution in [0.3, 0.4) is 0 Å². The average molecular weight is 617 g/mol. The number of carbonyl (C=O) groups excluding carboxylic acids is 1. The molecule has 1 amide bonds. The minimum Gasteiger partial charge on any atom is -0.378 e. The number of methoxy groups -OCH3 is 1. The second kappa shape index (κ2) is 13.4. The minimum absolute atomic E-state index is 0.205. The van der Waals surface area contributed by atoms with Crippen LogP contribution in [0.15, 0.2) is 46.2 Å². The number of hydrogen-bond acceptors (Lipinski definition) is 8. The van der Waals surface area contributed by atoms with Gasteiger partial charge in [-0.3, -0.25) is 4.79 Å². The lowest BCUT2D eigenvalue weighted by molar-refractivity contribution is -0.157. The predicted octanol–water partition coefficient (Wildman–Crippen LogP) is 4.76. The van der Waals surface area contributed by atoms with E-state index >= 15 is 4.39 Å². The molecule has 0 radical (unpaired) electrons. The molecule has 1 saturated carbocycles. The molecule has 0 heterocycles. The fourth-order valence-corrected chi connectivity index (χ4v) is 6.38. The second-order valence-corrected chi connectivity index (χ2v) is 12.9. The molecule has 2 aromatic rings. The second-order valence-electron chi connectivity index (χ2n) is 10.1. The maximum Gasteiger partial charge on any atom is 0.265 e. The summed E-state index contributed by atoms with van der Waals surface area (Å²) < 4.78 is 88.9. The maximum absolute atomic E-state index is 15.4. The summed E-state index contributed by atoms with van der Waals surface area (Å²) in [5.41, 5.74) is -2.29. The molecule has 0 aliphatic heterocycles. The number of nitriles is 1. The summed E-state index contributed by atoms with van der Waals surface area (Å²) in [6.07, 6.45) is -1.57. The van der Waals surface area contributed by atoms with Crippen molar-refractivity contribution in [2.75, 3.05) is 38.8 Å². The zero-order chi connectivity index (χ0) is 30.4. The Kier molecular flexibility index (Phi) is 10.7. The van der Waals surface area contributed by atoms with Gasteiger partial charge in [0.2, 0.25) is 5.92 Å². The van der Waals surface area contributed by atoms with Crippen LogP contribution in [0.25, 0.3) is 0 Å². The number of alkyl halides is 2. The Balaban J connectivity index is 1.82. The van der Waals surface area contributed by atoms with Crippen LogP contribution >= 0.6 is 11.8 Å². The molecule has 2 N–H and O–H groups in total. The van der Waals surface area contributed by atoms with Crippen molar-refractivity contribution in [3.8, 4) is 6.07 Å². The molecule has 0 unspecified atom stereocenters. The van der Waals surface area contributed by atoms with Gasteiger partial charge in [0.1, 0.15) is 23.3 Å². The predicted molar refractivity (Wildman–Crippen MR) is 147 cm³/mol. The summed E-state index contributed by atoms with van der Waals surface area (Å²) in [5.74, 6) is -5.11. The Hall–Kier alpha value is -2.86. The Bertz CT molecular complexity index is 1370. The number of nitrogens with zero attached hydrogens (tertiary/aromatic N) is 2. The molecule has 0 spiro atoms. The number of anilines is 1. The highest BCUT2D eigenvalue weighted by Crippen LogP contribution is 2.40. The number of ether oxygens (including phenoxy) is 1. The summed E-state index contributed by atoms with van der Waals surface area (Å²) in [6.45, 7) is 0.622. The van der Waals surface area contributed by atoms with E-state index in [4.69, 9.17) is 4.74 Å². The molecule has 224 valence electrons. The first-order valence-electron chi connectivity index (χ1n) is 12.7. The third kappa shape index (κ3) is 8.57. The molecule has 14 heteroatoms. The van der Waals surface area contributed by atoms with Crippen molar-refractivity contribution < 1.29 is 35.5 Å². The molecule has 41 heavy (non-hydrogen) atoms. The minimum atomic E-state index is -4.68. The summed E-state index contributed by atoms with van der Waals surface area (Å²) in [6, 6.07) is 8.94. The van der Waals surface area contributed by atoms with Crippen LogP contribution in [0.5, 0.6) is 0 Å². The average Bonchev–Trinajstić information content (AvgIpc) is 2.91. The smallest absolute Gasteiger partial charge is 0.265 e. The molecule has 1 atom stereocenters. The van der Waals surface area contributed by atoms with Gasteiger partial charge in [-0.05, 0) is 76.3 Å². The van der Waals surface area contributed by atoms with Crippen molar-refractivity contribution in [1.29, 1.82) is 5.26 Å². The molecule has 0 bridgehead atoms. The van der Waals surface area contributed by atoms with Crippen LogP contribution in [-0.2, 0) is 19.6 Å². The molecular weight excluding hydrogens is 584 g/mol. The molecule has 1 fully saturated rings. The van der Waals surface area contributed by atoms with Gasteiger partial charge in [0.05, 0.1) is 16.1 Å². The van der Waals surface area contributed by atoms with Crippen molar-refractivity contribution in [2.24, 2.45) is 0 Å². The summed E-state index contributed by atoms with van der Waals surface area (Å²) in [4.78, 5) is 14.9. The van der Waals surface area contributed by atoms with Gasteiger partial charge in [-0.15, -0.1) is 11.8 Å². The van der Waals surface area contributed by atoms with E-state index in [-0.39, 0.29) is 23.1 Å². The number of nitrogens with one attached hydrogen (secondary N) is 2. The maximum atomic E-state index is 15.4. The lowest BCUT2D eigenvalue weighted by Crippen LogP contribution is -2.53. The van der Waals surface area contributed by atoms with Crippen molar-refractivity contribution in [3.05, 3.63) is 53.6 Å². The molecule has 0 aromatic heterocycles. The summed E-state index contributed by atoms with van der Waals surface area (Å²) in [7, 11) is 0.179. The van der Waals surface area contributed by atoms with Crippen molar-refractivity contribution in [1.82, 2.24) is 9.62 Å². The van der Waals surface area contributed by atoms with E-state index in [1.54, 1.807) is 22.9 Å². The van der Waals surface area contributed by atoms with Gasteiger partial charge in [-0.25, -0.2) is 30.7 Å². The standard InChI is InChI=1S/C27H32F4N4O4S2/c1-35(2)13-8-20(17-40-21-6-4-19(28)5-7-21)33-24-18(16-32)14-22(15-23(24)29)41(37,38)34-25(36)26(39-3)9-11-27(30,31)12-10-26/h4-7,14-15,20,33H,8-13,17H2,1-3H3,(H,34,36)/t20-/m1/s1. The first-order chi connectivity index (χ1) is 19.2. The van der Waals surface area contributed by atoms with Gasteiger partial charge >= 0.3 is 0 Å². The van der Waals surface area contributed by atoms with Gasteiger partial charge in [0.25, 0.3) is 15.9 Å². The van der Waals surface area contributed by atoms with Gasteiger partial charge in [0.15, 0.2) is 0 Å². The van der Waals surface area contributed by atoms with E-state index in [0.29, 0.717) is 24.8 Å². The Morgan fingerprint density at radius 3 is 2.34 bits per heavy atom. The van der Waals surface area contributed by atoms with Gasteiger partial charge in [0, 0.05) is 36.6 Å². The van der Waals surface area contributed by atoms with Crippen LogP contribution in [0.2, 0.25) is 0 Å². The number of hydrogen-bond donors (Lipinski definition) is 2. The Morgan fingerprint density at radius 1 is 1.15 bits per heavy atom. The van der Waals surface area contributed by atoms with Crippen molar-refractivity contribution >= 4 is 33.4 Å². The molecule has 2 aromatic carbocycles. The fourth-order valence-electron chi connectivity index (χ4n) is 4.33. The number of rotatable bonds is 12. The van der Waals surface area contributed by atoms with Crippen LogP contribution in [-0.4, -0.2) is 70.3 Å². The van der Waals surface area contributed by atoms with E-state index in [9.17, 15) is 31.6 Å². The first kappa shape index (κ1) is 32.7. The van der Waals surface area contributed by atoms with Crippen LogP contribution in [0.1, 0.15) is 37.7 Å². The van der Waals surface area contributed by atoms with Gasteiger partial charge < -0.3 is 15.0 Å². The third-order valence-electron chi connectivity index (χ3n) is 6.85. The Morgan fingerprint density at radius 2 is 1.78 bits per heavy atom. The molecule has 3 rings (SSSR count). The van der Waals surface area contributed by atoms with Crippen LogP contribution in [0.4, 0.5) is 23.2 Å². The zero-order valence-corrected chi connectivity index (χ0v) is 24.5. The highest BCUT2D eigenvalue weighted by atomic mass is 32.2. The number of benzene rings is 2. The highest BCUT2D eigenvalue weighted by Gasteiger charge is 2.49. The van der Waals surface area contributed by atoms with E-state index < -0.39 is 63.9 Å². The van der Waals surface area contributed by atoms with Crippen LogP contribution in [0, 0.1) is 23.0 Å². The quantitative estimate of drug-likeness (QED) is 0.260. The monoisotopic (exact) mass is 616 g/mol. The largest absolute Gasteiger partial charge is 0.378 e. The molecular formula is C27H32F4N4O4S2. The zero-order valence-electron chi connectivity index (χ0n) is 22.8. The molecule has 1 aliphatic rings. The SMILES string of the molecule is COC1(C(=O)NS(=O)(=O)c2cc(F)c(N[C@H](CCN(C)C)CSc3ccc(F)cc3)c(C#N)c2)CCC(F)(F)CC1. The third-order valence-corrected chi connectivity index (χ3v) is 9.34. The van der Waals surface area contributed by atoms with Crippen LogP contribution < -0.4 is 10.0 Å². The lowest BCUT2D eigenvalue weighted by atomic mass is 9.82. The normalized spacial score (nSPS) is 17.0. The van der Waals surface area contributed by atoms with Crippen molar-refractivity contribution in [3.63, 3.8) is 0 Å². The number of halogens is 4. The van der Waals surface area contributed by atoms with E-state index in [2.05, 4.69) is 5.32 Å². The summed E-state index contributed by atoms with van der Waals surface area (Å²) >= 11 is 1.40. The van der Waals surface area contributed by atoms with E-state index in [1.165, 1.54) is 23.9 Å². The van der Waals surface area contributed by atoms with E-state index in [0.717, 1.165) is 18.1 Å². The lowest BCUT2D eigenvalue weighted by Gasteiger charge is -2.37. The number of carbonyl (C=O) groups is 1. The highest BCUT2D eigenvalue weighted by molar-refractivity contribution is 7.99. The first-order valence-corrected chi connectivity index (χ1v) is 15.2. The number of sulfonamides is 1. The van der Waals surface area contributed by atoms with Gasteiger partial charge in [-0.2, -0.15) is 5.26 Å². The number of amides is 1. The number of thioether (sulfide) groups is 1. The topological polar surface area (TPSA) is 112 Å². The fraction of sp³-hybridized carbons (Fsp3) is 0.481. The van der Waals surface area contributed by atoms with E-state index in [1.807, 2.05) is 19.0 Å². The summed E-state index contributed by atoms with van der Waals surface area (Å²) in [5, 5.41) is 12.7. The Labute approximate surface area is 241 Å². The molecule has 0 saturated heterocycles. The molecule has 1 aliphatic carbocycles.